The molecule has 2 aromatic carbocycles. The van der Waals surface area contributed by atoms with Crippen LogP contribution in [0.25, 0.3) is 11.1 Å². The first-order valence-electron chi connectivity index (χ1n) is 11.7. The topological polar surface area (TPSA) is 45.2 Å². The molecular formula is C28H32FN3O. The Labute approximate surface area is 195 Å². The van der Waals surface area contributed by atoms with Crippen LogP contribution in [0.2, 0.25) is 0 Å². The molecule has 33 heavy (non-hydrogen) atoms. The maximum atomic E-state index is 13.9. The maximum Gasteiger partial charge on any atom is 0.226 e. The number of carbonyl (C=O) groups is 1. The quantitative estimate of drug-likeness (QED) is 0.541. The molecule has 1 aliphatic heterocycles. The van der Waals surface area contributed by atoms with Crippen LogP contribution in [0.1, 0.15) is 37.9 Å². The number of carbonyl (C=O) groups excluding carboxylic acids is 1. The molecular weight excluding hydrogens is 413 g/mol. The van der Waals surface area contributed by atoms with Crippen LogP contribution in [-0.2, 0) is 17.8 Å². The average Bonchev–Trinajstić information content (AvgIpc) is 2.81. The highest BCUT2D eigenvalue weighted by atomic mass is 19.1. The van der Waals surface area contributed by atoms with Crippen molar-refractivity contribution in [3.8, 4) is 11.1 Å². The van der Waals surface area contributed by atoms with Crippen LogP contribution >= 0.6 is 0 Å². The van der Waals surface area contributed by atoms with Gasteiger partial charge in [-0.3, -0.25) is 14.7 Å². The Bertz CT molecular complexity index is 1080. The van der Waals surface area contributed by atoms with E-state index in [1.54, 1.807) is 12.1 Å². The van der Waals surface area contributed by atoms with Gasteiger partial charge in [-0.1, -0.05) is 42.5 Å². The standard InChI is InChI=1S/C28H32FN3O/c1-21(2)31-27(33)28(13-16-32(17-14-28)20-25-11-5-6-15-30-25)19-23-8-3-4-12-26(23)22-9-7-10-24(29)18-22/h3-12,15,18,21H,13-14,16-17,19-20H2,1-2H3,(H,31,33). The lowest BCUT2D eigenvalue weighted by molar-refractivity contribution is -0.134. The van der Waals surface area contributed by atoms with E-state index in [0.29, 0.717) is 6.42 Å². The summed E-state index contributed by atoms with van der Waals surface area (Å²) in [6.07, 6.45) is 4.00. The molecule has 3 aromatic rings. The number of amides is 1. The van der Waals surface area contributed by atoms with Crippen molar-refractivity contribution in [2.24, 2.45) is 5.41 Å². The first-order valence-corrected chi connectivity index (χ1v) is 11.7. The molecule has 2 heterocycles. The van der Waals surface area contributed by atoms with Crippen LogP contribution < -0.4 is 5.32 Å². The van der Waals surface area contributed by atoms with Crippen molar-refractivity contribution >= 4 is 5.91 Å². The van der Waals surface area contributed by atoms with Gasteiger partial charge in [-0.15, -0.1) is 0 Å². The minimum absolute atomic E-state index is 0.0828. The third kappa shape index (κ3) is 5.66. The lowest BCUT2D eigenvalue weighted by Crippen LogP contribution is -2.51. The minimum atomic E-state index is -0.492. The summed E-state index contributed by atoms with van der Waals surface area (Å²) in [5.74, 6) is -0.138. The minimum Gasteiger partial charge on any atom is -0.353 e. The Morgan fingerprint density at radius 2 is 1.82 bits per heavy atom. The summed E-state index contributed by atoms with van der Waals surface area (Å²) in [5, 5.41) is 3.18. The fraction of sp³-hybridized carbons (Fsp3) is 0.357. The smallest absolute Gasteiger partial charge is 0.226 e. The molecule has 1 N–H and O–H groups in total. The van der Waals surface area contributed by atoms with Crippen LogP contribution in [0.5, 0.6) is 0 Å². The van der Waals surface area contributed by atoms with Crippen molar-refractivity contribution in [1.82, 2.24) is 15.2 Å². The molecule has 0 aliphatic carbocycles. The van der Waals surface area contributed by atoms with Crippen molar-refractivity contribution in [2.75, 3.05) is 13.1 Å². The van der Waals surface area contributed by atoms with Crippen molar-refractivity contribution in [3.05, 3.63) is 90.0 Å². The van der Waals surface area contributed by atoms with E-state index in [9.17, 15) is 9.18 Å². The molecule has 4 rings (SSSR count). The van der Waals surface area contributed by atoms with Crippen molar-refractivity contribution in [3.63, 3.8) is 0 Å². The third-order valence-electron chi connectivity index (χ3n) is 6.51. The molecule has 0 atom stereocenters. The monoisotopic (exact) mass is 445 g/mol. The lowest BCUT2D eigenvalue weighted by Gasteiger charge is -2.41. The molecule has 1 fully saturated rings. The van der Waals surface area contributed by atoms with Gasteiger partial charge in [0.25, 0.3) is 0 Å². The third-order valence-corrected chi connectivity index (χ3v) is 6.51. The first-order chi connectivity index (χ1) is 15.9. The largest absolute Gasteiger partial charge is 0.353 e. The number of hydrogen-bond donors (Lipinski definition) is 1. The summed E-state index contributed by atoms with van der Waals surface area (Å²) in [5.41, 5.74) is 3.48. The fourth-order valence-electron chi connectivity index (χ4n) is 4.74. The highest BCUT2D eigenvalue weighted by Gasteiger charge is 2.42. The highest BCUT2D eigenvalue weighted by Crippen LogP contribution is 2.38. The molecule has 5 heteroatoms. The summed E-state index contributed by atoms with van der Waals surface area (Å²) in [4.78, 5) is 20.3. The van der Waals surface area contributed by atoms with Gasteiger partial charge in [-0.2, -0.15) is 0 Å². The summed E-state index contributed by atoms with van der Waals surface area (Å²) in [7, 11) is 0. The van der Waals surface area contributed by atoms with Crippen molar-refractivity contribution in [1.29, 1.82) is 0 Å². The van der Waals surface area contributed by atoms with Gasteiger partial charge in [-0.05, 0) is 87.2 Å². The van der Waals surface area contributed by atoms with E-state index >= 15 is 0 Å². The van der Waals surface area contributed by atoms with E-state index < -0.39 is 5.41 Å². The maximum absolute atomic E-state index is 13.9. The van der Waals surface area contributed by atoms with Gasteiger partial charge in [0.1, 0.15) is 5.82 Å². The number of nitrogens with zero attached hydrogens (tertiary/aromatic N) is 2. The molecule has 0 bridgehead atoms. The second kappa shape index (κ2) is 10.3. The number of rotatable bonds is 7. The van der Waals surface area contributed by atoms with Gasteiger partial charge in [0.05, 0.1) is 11.1 Å². The Morgan fingerprint density at radius 1 is 1.06 bits per heavy atom. The summed E-state index contributed by atoms with van der Waals surface area (Å²) in [6.45, 7) is 6.47. The molecule has 0 saturated carbocycles. The second-order valence-corrected chi connectivity index (χ2v) is 9.35. The SMILES string of the molecule is CC(C)NC(=O)C1(Cc2ccccc2-c2cccc(F)c2)CCN(Cc2ccccn2)CC1. The van der Waals surface area contributed by atoms with E-state index in [1.165, 1.54) is 6.07 Å². The van der Waals surface area contributed by atoms with Crippen LogP contribution in [-0.4, -0.2) is 34.9 Å². The number of pyridine rings is 1. The van der Waals surface area contributed by atoms with Gasteiger partial charge >= 0.3 is 0 Å². The van der Waals surface area contributed by atoms with Crippen LogP contribution in [0, 0.1) is 11.2 Å². The van der Waals surface area contributed by atoms with Crippen molar-refractivity contribution < 1.29 is 9.18 Å². The molecule has 0 unspecified atom stereocenters. The Morgan fingerprint density at radius 3 is 2.52 bits per heavy atom. The van der Waals surface area contributed by atoms with Gasteiger partial charge < -0.3 is 5.32 Å². The van der Waals surface area contributed by atoms with Gasteiger partial charge in [0.2, 0.25) is 5.91 Å². The van der Waals surface area contributed by atoms with Gasteiger partial charge in [0, 0.05) is 18.8 Å². The summed E-state index contributed by atoms with van der Waals surface area (Å²) >= 11 is 0. The number of benzene rings is 2. The number of aromatic nitrogens is 1. The molecule has 1 saturated heterocycles. The van der Waals surface area contributed by atoms with E-state index in [4.69, 9.17) is 0 Å². The number of hydrogen-bond acceptors (Lipinski definition) is 3. The molecule has 1 amide bonds. The lowest BCUT2D eigenvalue weighted by atomic mass is 9.71. The Kier molecular flexibility index (Phi) is 7.19. The van der Waals surface area contributed by atoms with Crippen LogP contribution in [0.4, 0.5) is 4.39 Å². The predicted octanol–water partition coefficient (Wildman–Crippen LogP) is 5.24. The van der Waals surface area contributed by atoms with E-state index in [2.05, 4.69) is 21.3 Å². The Hall–Kier alpha value is -3.05. The number of likely N-dealkylation sites (tertiary alicyclic amines) is 1. The normalized spacial score (nSPS) is 16.0. The molecule has 4 nitrogen and oxygen atoms in total. The van der Waals surface area contributed by atoms with E-state index in [0.717, 1.165) is 54.9 Å². The molecule has 1 aliphatic rings. The number of halogens is 1. The van der Waals surface area contributed by atoms with E-state index in [1.807, 2.05) is 62.5 Å². The zero-order valence-corrected chi connectivity index (χ0v) is 19.4. The van der Waals surface area contributed by atoms with E-state index in [-0.39, 0.29) is 17.8 Å². The van der Waals surface area contributed by atoms with Crippen molar-refractivity contribution in [2.45, 2.75) is 45.7 Å². The predicted molar refractivity (Wildman–Crippen MR) is 130 cm³/mol. The second-order valence-electron chi connectivity index (χ2n) is 9.35. The fourth-order valence-corrected chi connectivity index (χ4v) is 4.74. The average molecular weight is 446 g/mol. The first kappa shape index (κ1) is 23.1. The highest BCUT2D eigenvalue weighted by molar-refractivity contribution is 5.84. The van der Waals surface area contributed by atoms with Gasteiger partial charge in [0.15, 0.2) is 0 Å². The van der Waals surface area contributed by atoms with Crippen LogP contribution in [0.3, 0.4) is 0 Å². The van der Waals surface area contributed by atoms with Crippen LogP contribution in [0.15, 0.2) is 72.9 Å². The summed E-state index contributed by atoms with van der Waals surface area (Å²) < 4.78 is 13.9. The molecule has 0 spiro atoms. The number of piperidine rings is 1. The van der Waals surface area contributed by atoms with Gasteiger partial charge in [-0.25, -0.2) is 4.39 Å². The zero-order chi connectivity index (χ0) is 23.3. The Balaban J connectivity index is 1.58. The zero-order valence-electron chi connectivity index (χ0n) is 19.4. The number of nitrogens with one attached hydrogen (secondary N) is 1. The molecule has 1 aromatic heterocycles. The summed E-state index contributed by atoms with van der Waals surface area (Å²) in [6, 6.07) is 20.8. The molecule has 172 valence electrons. The molecule has 0 radical (unpaired) electrons.